The molecule has 0 radical (unpaired) electrons. The Kier molecular flexibility index (Phi) is 9.06. The zero-order valence-electron chi connectivity index (χ0n) is 16.4. The molecule has 0 amide bonds. The molecule has 0 unspecified atom stereocenters. The predicted octanol–water partition coefficient (Wildman–Crippen LogP) is 3.32. The lowest BCUT2D eigenvalue weighted by Crippen LogP contribution is -2.48. The highest BCUT2D eigenvalue weighted by Crippen LogP contribution is 2.22. The Morgan fingerprint density at radius 2 is 2.08 bits per heavy atom. The summed E-state index contributed by atoms with van der Waals surface area (Å²) in [6.45, 7) is 9.47. The molecular formula is C20H33ClN4O. The molecule has 0 aliphatic carbocycles. The number of ether oxygens (including phenoxy) is 1. The van der Waals surface area contributed by atoms with Gasteiger partial charge in [0.15, 0.2) is 5.96 Å². The van der Waals surface area contributed by atoms with Gasteiger partial charge >= 0.3 is 0 Å². The fourth-order valence-corrected chi connectivity index (χ4v) is 3.54. The van der Waals surface area contributed by atoms with Gasteiger partial charge in [-0.15, -0.1) is 0 Å². The average molecular weight is 381 g/mol. The van der Waals surface area contributed by atoms with Gasteiger partial charge in [0.2, 0.25) is 0 Å². The zero-order valence-corrected chi connectivity index (χ0v) is 17.1. The van der Waals surface area contributed by atoms with Gasteiger partial charge in [-0.2, -0.15) is 0 Å². The summed E-state index contributed by atoms with van der Waals surface area (Å²) in [5, 5.41) is 7.69. The third-order valence-electron chi connectivity index (χ3n) is 4.72. The van der Waals surface area contributed by atoms with Crippen molar-refractivity contribution in [1.82, 2.24) is 15.5 Å². The minimum atomic E-state index is 0.505. The molecule has 1 aliphatic rings. The van der Waals surface area contributed by atoms with Crippen LogP contribution in [0.1, 0.15) is 38.7 Å². The van der Waals surface area contributed by atoms with Crippen molar-refractivity contribution in [3.8, 4) is 5.75 Å². The summed E-state index contributed by atoms with van der Waals surface area (Å²) >= 11 is 6.32. The first-order chi connectivity index (χ1) is 12.7. The van der Waals surface area contributed by atoms with Crippen molar-refractivity contribution in [3.05, 3.63) is 28.8 Å². The molecule has 26 heavy (non-hydrogen) atoms. The van der Waals surface area contributed by atoms with E-state index in [1.807, 2.05) is 18.2 Å². The summed E-state index contributed by atoms with van der Waals surface area (Å²) in [5.41, 5.74) is 1.10. The second-order valence-electron chi connectivity index (χ2n) is 6.73. The van der Waals surface area contributed by atoms with E-state index < -0.39 is 0 Å². The van der Waals surface area contributed by atoms with E-state index in [0.717, 1.165) is 35.3 Å². The van der Waals surface area contributed by atoms with Gasteiger partial charge in [-0.05, 0) is 56.8 Å². The molecule has 0 saturated carbocycles. The first-order valence-corrected chi connectivity index (χ1v) is 10.1. The third kappa shape index (κ3) is 6.69. The van der Waals surface area contributed by atoms with E-state index in [-0.39, 0.29) is 0 Å². The van der Waals surface area contributed by atoms with E-state index in [4.69, 9.17) is 21.3 Å². The molecule has 1 fully saturated rings. The highest BCUT2D eigenvalue weighted by molar-refractivity contribution is 6.31. The molecule has 0 aromatic heterocycles. The number of piperidine rings is 1. The van der Waals surface area contributed by atoms with Crippen LogP contribution in [0.4, 0.5) is 0 Å². The van der Waals surface area contributed by atoms with Gasteiger partial charge in [-0.25, -0.2) is 0 Å². The Balaban J connectivity index is 1.84. The standard InChI is InChI=1S/C20H33ClN4O/c1-4-12-25-13-9-17(10-14-25)24-20(22-5-2)23-11-8-16-6-7-18(26-3)15-19(16)21/h6-7,15,17H,4-5,8-14H2,1-3H3,(H2,22,23,24). The van der Waals surface area contributed by atoms with Crippen molar-refractivity contribution >= 4 is 17.6 Å². The van der Waals surface area contributed by atoms with Crippen LogP contribution in [0.15, 0.2) is 23.2 Å². The van der Waals surface area contributed by atoms with Crippen LogP contribution < -0.4 is 15.4 Å². The lowest BCUT2D eigenvalue weighted by Gasteiger charge is -2.32. The Hall–Kier alpha value is -1.46. The minimum absolute atomic E-state index is 0.505. The molecule has 5 nitrogen and oxygen atoms in total. The van der Waals surface area contributed by atoms with Crippen LogP contribution in [0.5, 0.6) is 5.75 Å². The first kappa shape index (κ1) is 20.8. The van der Waals surface area contributed by atoms with Gasteiger partial charge in [0, 0.05) is 37.2 Å². The monoisotopic (exact) mass is 380 g/mol. The molecule has 146 valence electrons. The summed E-state index contributed by atoms with van der Waals surface area (Å²) in [4.78, 5) is 7.28. The highest BCUT2D eigenvalue weighted by atomic mass is 35.5. The van der Waals surface area contributed by atoms with E-state index in [2.05, 4.69) is 29.4 Å². The Morgan fingerprint density at radius 3 is 2.69 bits per heavy atom. The van der Waals surface area contributed by atoms with Crippen LogP contribution in [0.2, 0.25) is 5.02 Å². The maximum atomic E-state index is 6.32. The van der Waals surface area contributed by atoms with E-state index in [1.54, 1.807) is 7.11 Å². The number of nitrogens with one attached hydrogen (secondary N) is 2. The molecule has 1 saturated heterocycles. The highest BCUT2D eigenvalue weighted by Gasteiger charge is 2.19. The number of halogens is 1. The van der Waals surface area contributed by atoms with Crippen molar-refractivity contribution in [3.63, 3.8) is 0 Å². The Morgan fingerprint density at radius 1 is 1.31 bits per heavy atom. The fraction of sp³-hybridized carbons (Fsp3) is 0.650. The summed E-state index contributed by atoms with van der Waals surface area (Å²) in [6.07, 6.45) is 4.40. The van der Waals surface area contributed by atoms with Crippen LogP contribution in [0.3, 0.4) is 0 Å². The van der Waals surface area contributed by atoms with E-state index in [0.29, 0.717) is 12.6 Å². The largest absolute Gasteiger partial charge is 0.497 e. The number of nitrogens with zero attached hydrogens (tertiary/aromatic N) is 2. The van der Waals surface area contributed by atoms with Crippen LogP contribution in [0.25, 0.3) is 0 Å². The van der Waals surface area contributed by atoms with Gasteiger partial charge in [0.1, 0.15) is 5.75 Å². The average Bonchev–Trinajstić information content (AvgIpc) is 2.65. The molecule has 1 heterocycles. The Bertz CT molecular complexity index is 571. The van der Waals surface area contributed by atoms with Gasteiger partial charge in [-0.1, -0.05) is 24.6 Å². The molecule has 6 heteroatoms. The minimum Gasteiger partial charge on any atom is -0.497 e. The molecule has 1 aromatic carbocycles. The summed E-state index contributed by atoms with van der Waals surface area (Å²) in [7, 11) is 1.65. The second kappa shape index (κ2) is 11.3. The van der Waals surface area contributed by atoms with Crippen molar-refractivity contribution in [1.29, 1.82) is 0 Å². The molecule has 2 N–H and O–H groups in total. The fourth-order valence-electron chi connectivity index (χ4n) is 3.28. The smallest absolute Gasteiger partial charge is 0.191 e. The summed E-state index contributed by atoms with van der Waals surface area (Å²) < 4.78 is 5.20. The molecule has 0 spiro atoms. The maximum absolute atomic E-state index is 6.32. The molecule has 1 aliphatic heterocycles. The SMILES string of the molecule is CCCN1CCC(NC(=NCCc2ccc(OC)cc2Cl)NCC)CC1. The molecular weight excluding hydrogens is 348 g/mol. The Labute approximate surface area is 163 Å². The molecule has 2 rings (SSSR count). The predicted molar refractivity (Wildman–Crippen MR) is 111 cm³/mol. The lowest BCUT2D eigenvalue weighted by atomic mass is 10.1. The molecule has 1 aromatic rings. The first-order valence-electron chi connectivity index (χ1n) is 9.75. The number of aliphatic imine (C=N–C) groups is 1. The van der Waals surface area contributed by atoms with Crippen LogP contribution in [-0.4, -0.2) is 56.7 Å². The number of rotatable bonds is 8. The number of benzene rings is 1. The van der Waals surface area contributed by atoms with Crippen molar-refractivity contribution in [2.45, 2.75) is 45.6 Å². The maximum Gasteiger partial charge on any atom is 0.191 e. The van der Waals surface area contributed by atoms with Crippen LogP contribution >= 0.6 is 11.6 Å². The number of hydrogen-bond acceptors (Lipinski definition) is 3. The number of methoxy groups -OCH3 is 1. The van der Waals surface area contributed by atoms with Gasteiger partial charge in [0.25, 0.3) is 0 Å². The van der Waals surface area contributed by atoms with Crippen molar-refractivity contribution in [2.75, 3.05) is 39.8 Å². The lowest BCUT2D eigenvalue weighted by molar-refractivity contribution is 0.206. The van der Waals surface area contributed by atoms with Crippen LogP contribution in [0, 0.1) is 0 Å². The third-order valence-corrected chi connectivity index (χ3v) is 5.08. The zero-order chi connectivity index (χ0) is 18.8. The van der Waals surface area contributed by atoms with Gasteiger partial charge in [0.05, 0.1) is 7.11 Å². The number of likely N-dealkylation sites (tertiary alicyclic amines) is 1. The van der Waals surface area contributed by atoms with Gasteiger partial charge < -0.3 is 20.3 Å². The van der Waals surface area contributed by atoms with Gasteiger partial charge in [-0.3, -0.25) is 4.99 Å². The molecule has 0 bridgehead atoms. The van der Waals surface area contributed by atoms with Crippen molar-refractivity contribution < 1.29 is 4.74 Å². The van der Waals surface area contributed by atoms with E-state index in [9.17, 15) is 0 Å². The van der Waals surface area contributed by atoms with E-state index in [1.165, 1.54) is 38.9 Å². The van der Waals surface area contributed by atoms with Crippen LogP contribution in [-0.2, 0) is 6.42 Å². The number of guanidine groups is 1. The topological polar surface area (TPSA) is 48.9 Å². The summed E-state index contributed by atoms with van der Waals surface area (Å²) in [6, 6.07) is 6.32. The number of hydrogen-bond donors (Lipinski definition) is 2. The second-order valence-corrected chi connectivity index (χ2v) is 7.14. The normalized spacial score (nSPS) is 16.5. The van der Waals surface area contributed by atoms with E-state index >= 15 is 0 Å². The van der Waals surface area contributed by atoms with Crippen molar-refractivity contribution in [2.24, 2.45) is 4.99 Å². The molecule has 0 atom stereocenters. The summed E-state index contributed by atoms with van der Waals surface area (Å²) in [5.74, 6) is 1.69. The quantitative estimate of drug-likeness (QED) is 0.536.